The van der Waals surface area contributed by atoms with E-state index in [2.05, 4.69) is 39.5 Å². The molecule has 0 unspecified atom stereocenters. The van der Waals surface area contributed by atoms with Crippen LogP contribution in [0.4, 0.5) is 0 Å². The van der Waals surface area contributed by atoms with Crippen molar-refractivity contribution in [3.05, 3.63) is 101 Å². The van der Waals surface area contributed by atoms with Crippen LogP contribution in [-0.4, -0.2) is 42.0 Å². The Labute approximate surface area is 197 Å². The molecule has 1 atom stereocenters. The highest BCUT2D eigenvalue weighted by Gasteiger charge is 2.21. The van der Waals surface area contributed by atoms with Crippen LogP contribution in [0.1, 0.15) is 40.3 Å². The van der Waals surface area contributed by atoms with Crippen molar-refractivity contribution in [2.75, 3.05) is 0 Å². The first-order valence-electron chi connectivity index (χ1n) is 10.9. The molecule has 0 bridgehead atoms. The van der Waals surface area contributed by atoms with Crippen LogP contribution >= 0.6 is 0 Å². The molecule has 0 spiro atoms. The van der Waals surface area contributed by atoms with Crippen molar-refractivity contribution in [3.63, 3.8) is 0 Å². The first kappa shape index (κ1) is 22.8. The highest BCUT2D eigenvalue weighted by molar-refractivity contribution is 6.01. The largest absolute Gasteiger partial charge is 0.480 e. The number of aliphatic carboxylic acids is 1. The lowest BCUT2D eigenvalue weighted by atomic mass is 9.83. The summed E-state index contributed by atoms with van der Waals surface area (Å²) in [5.41, 5.74) is 7.06. The minimum absolute atomic E-state index is 0.0442. The fourth-order valence-electron chi connectivity index (χ4n) is 4.05. The van der Waals surface area contributed by atoms with E-state index in [0.717, 1.165) is 33.5 Å². The summed E-state index contributed by atoms with van der Waals surface area (Å²) in [6.07, 6.45) is 3.83. The van der Waals surface area contributed by atoms with Crippen molar-refractivity contribution < 1.29 is 15.1 Å². The summed E-state index contributed by atoms with van der Waals surface area (Å²) in [7, 11) is 0. The number of hydrogen-bond donors (Lipinski definition) is 2. The zero-order valence-corrected chi connectivity index (χ0v) is 19.0. The molecule has 8 nitrogen and oxygen atoms in total. The molecule has 2 heterocycles. The predicted molar refractivity (Wildman–Crippen MR) is 128 cm³/mol. The van der Waals surface area contributed by atoms with Gasteiger partial charge in [0.05, 0.1) is 11.9 Å². The van der Waals surface area contributed by atoms with Crippen molar-refractivity contribution >= 4 is 11.7 Å². The van der Waals surface area contributed by atoms with Crippen LogP contribution in [0.5, 0.6) is 0 Å². The van der Waals surface area contributed by atoms with Crippen LogP contribution < -0.4 is 0 Å². The zero-order chi connectivity index (χ0) is 24.1. The lowest BCUT2D eigenvalue weighted by Crippen LogP contribution is -2.12. The number of aromatic nitrogens is 4. The molecule has 0 amide bonds. The molecule has 0 aliphatic rings. The molecule has 0 radical (unpaired) electrons. The molecule has 2 aromatic carbocycles. The van der Waals surface area contributed by atoms with Crippen molar-refractivity contribution in [2.24, 2.45) is 5.16 Å². The van der Waals surface area contributed by atoms with E-state index < -0.39 is 5.97 Å². The minimum Gasteiger partial charge on any atom is -0.480 e. The Hall–Kier alpha value is -4.33. The number of oxime groups is 1. The van der Waals surface area contributed by atoms with Crippen LogP contribution in [0.3, 0.4) is 0 Å². The molecule has 4 rings (SSSR count). The standard InChI is InChI=1S/C26H25N5O3/c1-17-5-3-4-6-22(17)23(14-24(29-34)21-11-12-27-18(2)13-21)19-7-9-20(10-8-19)25-15-31(30-28-25)16-26(32)33/h3-13,15,23,34H,14,16H2,1-2H3,(H,32,33)/b29-24+/t23-/m1/s1. The normalized spacial score (nSPS) is 12.5. The van der Waals surface area contributed by atoms with Gasteiger partial charge in [0.2, 0.25) is 0 Å². The summed E-state index contributed by atoms with van der Waals surface area (Å²) in [5, 5.41) is 30.4. The maximum Gasteiger partial charge on any atom is 0.325 e. The van der Waals surface area contributed by atoms with Gasteiger partial charge in [-0.1, -0.05) is 58.9 Å². The zero-order valence-electron chi connectivity index (χ0n) is 19.0. The molecule has 0 saturated carbocycles. The van der Waals surface area contributed by atoms with Crippen molar-refractivity contribution in [1.29, 1.82) is 0 Å². The maximum absolute atomic E-state index is 10.9. The van der Waals surface area contributed by atoms with Gasteiger partial charge in [-0.25, -0.2) is 4.68 Å². The first-order valence-corrected chi connectivity index (χ1v) is 10.9. The second-order valence-corrected chi connectivity index (χ2v) is 8.16. The van der Waals surface area contributed by atoms with E-state index in [0.29, 0.717) is 17.8 Å². The Balaban J connectivity index is 1.67. The number of nitrogens with zero attached hydrogens (tertiary/aromatic N) is 5. The molecule has 0 aliphatic carbocycles. The molecule has 2 N–H and O–H groups in total. The quantitative estimate of drug-likeness (QED) is 0.231. The summed E-state index contributed by atoms with van der Waals surface area (Å²) in [4.78, 5) is 15.2. The average Bonchev–Trinajstić information content (AvgIpc) is 3.28. The third-order valence-electron chi connectivity index (χ3n) is 5.76. The van der Waals surface area contributed by atoms with Gasteiger partial charge in [0.25, 0.3) is 0 Å². The second-order valence-electron chi connectivity index (χ2n) is 8.16. The van der Waals surface area contributed by atoms with Gasteiger partial charge in [-0.05, 0) is 42.7 Å². The van der Waals surface area contributed by atoms with Crippen molar-refractivity contribution in [3.8, 4) is 11.3 Å². The molecule has 172 valence electrons. The maximum atomic E-state index is 10.9. The number of rotatable bonds is 8. The van der Waals surface area contributed by atoms with Crippen LogP contribution in [0, 0.1) is 13.8 Å². The second kappa shape index (κ2) is 10.1. The Morgan fingerprint density at radius 1 is 1.09 bits per heavy atom. The lowest BCUT2D eigenvalue weighted by Gasteiger charge is -2.21. The Morgan fingerprint density at radius 3 is 2.53 bits per heavy atom. The van der Waals surface area contributed by atoms with E-state index in [-0.39, 0.29) is 12.5 Å². The lowest BCUT2D eigenvalue weighted by molar-refractivity contribution is -0.137. The number of carbonyl (C=O) groups is 1. The smallest absolute Gasteiger partial charge is 0.325 e. The number of carboxylic acid groups (broad SMARTS) is 1. The highest BCUT2D eigenvalue weighted by atomic mass is 16.4. The van der Waals surface area contributed by atoms with Gasteiger partial charge in [0.1, 0.15) is 12.2 Å². The Kier molecular flexibility index (Phi) is 6.77. The van der Waals surface area contributed by atoms with Crippen LogP contribution in [-0.2, 0) is 11.3 Å². The van der Waals surface area contributed by atoms with Crippen LogP contribution in [0.25, 0.3) is 11.3 Å². The molecule has 4 aromatic rings. The van der Waals surface area contributed by atoms with Gasteiger partial charge >= 0.3 is 5.97 Å². The number of pyridine rings is 1. The summed E-state index contributed by atoms with van der Waals surface area (Å²) in [5.74, 6) is -1.02. The first-order chi connectivity index (χ1) is 16.4. The highest BCUT2D eigenvalue weighted by Crippen LogP contribution is 2.33. The van der Waals surface area contributed by atoms with E-state index in [4.69, 9.17) is 5.11 Å². The van der Waals surface area contributed by atoms with E-state index in [9.17, 15) is 10.0 Å². The van der Waals surface area contributed by atoms with Gasteiger partial charge in [0, 0.05) is 35.4 Å². The molecule has 34 heavy (non-hydrogen) atoms. The summed E-state index contributed by atoms with van der Waals surface area (Å²) in [6, 6.07) is 19.9. The van der Waals surface area contributed by atoms with E-state index >= 15 is 0 Å². The Bertz CT molecular complexity index is 1330. The molecular weight excluding hydrogens is 430 g/mol. The SMILES string of the molecule is Cc1cc(/C(C[C@H](c2ccc(-c3cn(CC(=O)O)nn3)cc2)c2ccccc2C)=N/O)ccn1. The summed E-state index contributed by atoms with van der Waals surface area (Å²) in [6.45, 7) is 3.74. The number of aryl methyl sites for hydroxylation is 2. The van der Waals surface area contributed by atoms with E-state index in [1.165, 1.54) is 4.68 Å². The topological polar surface area (TPSA) is 113 Å². The number of hydrogen-bond acceptors (Lipinski definition) is 6. The fraction of sp³-hybridized carbons (Fsp3) is 0.192. The molecule has 2 aromatic heterocycles. The van der Waals surface area contributed by atoms with Crippen molar-refractivity contribution in [1.82, 2.24) is 20.0 Å². The number of carboxylic acids is 1. The van der Waals surface area contributed by atoms with Gasteiger partial charge in [-0.2, -0.15) is 0 Å². The van der Waals surface area contributed by atoms with Gasteiger partial charge in [-0.15, -0.1) is 5.10 Å². The predicted octanol–water partition coefficient (Wildman–Crippen LogP) is 4.44. The van der Waals surface area contributed by atoms with Crippen LogP contribution in [0.15, 0.2) is 78.2 Å². The van der Waals surface area contributed by atoms with Crippen molar-refractivity contribution in [2.45, 2.75) is 32.7 Å². The van der Waals surface area contributed by atoms with E-state index in [1.54, 1.807) is 12.4 Å². The molecule has 0 saturated heterocycles. The van der Waals surface area contributed by atoms with Crippen LogP contribution in [0.2, 0.25) is 0 Å². The molecule has 0 fully saturated rings. The van der Waals surface area contributed by atoms with Gasteiger partial charge in [0.15, 0.2) is 0 Å². The molecule has 0 aliphatic heterocycles. The fourth-order valence-corrected chi connectivity index (χ4v) is 4.05. The monoisotopic (exact) mass is 455 g/mol. The Morgan fingerprint density at radius 2 is 1.85 bits per heavy atom. The number of benzene rings is 2. The molecular formula is C26H25N5O3. The van der Waals surface area contributed by atoms with Gasteiger partial charge in [-0.3, -0.25) is 9.78 Å². The molecule has 8 heteroatoms. The third kappa shape index (κ3) is 5.17. The average molecular weight is 456 g/mol. The minimum atomic E-state index is -0.974. The summed E-state index contributed by atoms with van der Waals surface area (Å²) >= 11 is 0. The van der Waals surface area contributed by atoms with E-state index in [1.807, 2.05) is 55.5 Å². The van der Waals surface area contributed by atoms with Gasteiger partial charge < -0.3 is 10.3 Å². The third-order valence-corrected chi connectivity index (χ3v) is 5.76. The summed E-state index contributed by atoms with van der Waals surface area (Å²) < 4.78 is 1.29.